The van der Waals surface area contributed by atoms with Crippen LogP contribution in [0.2, 0.25) is 0 Å². The van der Waals surface area contributed by atoms with Crippen LogP contribution in [0.3, 0.4) is 0 Å². The van der Waals surface area contributed by atoms with Crippen molar-refractivity contribution in [2.75, 3.05) is 12.3 Å². The van der Waals surface area contributed by atoms with Crippen LogP contribution in [0.4, 0.5) is 5.13 Å². The average Bonchev–Trinajstić information content (AvgIpc) is 3.66. The van der Waals surface area contributed by atoms with Gasteiger partial charge in [0.1, 0.15) is 35.8 Å². The van der Waals surface area contributed by atoms with E-state index in [9.17, 15) is 27.9 Å². The molecule has 0 spiro atoms. The zero-order valence-electron chi connectivity index (χ0n) is 23.5. The summed E-state index contributed by atoms with van der Waals surface area (Å²) in [4.78, 5) is 53.6. The molecule has 4 rings (SSSR count). The normalized spacial score (nSPS) is 16.8. The molecule has 3 heterocycles. The molecule has 1 fully saturated rings. The number of nitrogen functional groups attached to an aromatic ring is 1. The number of carboxylic acid groups (broad SMARTS) is 1. The number of amidine groups is 1. The second kappa shape index (κ2) is 13.3. The van der Waals surface area contributed by atoms with Gasteiger partial charge in [-0.1, -0.05) is 5.16 Å². The molecule has 240 valence electrons. The van der Waals surface area contributed by atoms with Crippen LogP contribution in [0, 0.1) is 5.41 Å². The number of rotatable bonds is 14. The molecule has 21 heteroatoms. The zero-order chi connectivity index (χ0) is 32.9. The molecule has 2 aromatic heterocycles. The Bertz CT molecular complexity index is 1710. The number of aromatic nitrogens is 3. The number of β-lactam (4-membered cyclic amide) rings is 1. The summed E-state index contributed by atoms with van der Waals surface area (Å²) in [5.41, 5.74) is 4.12. The second-order valence-electron chi connectivity index (χ2n) is 9.74. The Morgan fingerprint density at radius 2 is 2.02 bits per heavy atom. The van der Waals surface area contributed by atoms with Gasteiger partial charge >= 0.3 is 16.4 Å². The van der Waals surface area contributed by atoms with Crippen molar-refractivity contribution in [3.05, 3.63) is 59.1 Å². The number of carbonyl (C=O) groups is 3. The number of hydrogen-bond donors (Lipinski definition) is 7. The van der Waals surface area contributed by atoms with Gasteiger partial charge in [-0.15, -0.1) is 15.6 Å². The summed E-state index contributed by atoms with van der Waals surface area (Å²) in [6.07, 6.45) is 1.55. The second-order valence-corrected chi connectivity index (χ2v) is 11.6. The highest BCUT2D eigenvalue weighted by molar-refractivity contribution is 7.80. The lowest BCUT2D eigenvalue weighted by atomic mass is 9.84. The number of aromatic amines is 1. The standard InChI is InChI=1S/C24H27N9O10S2/c1-24(2)18(21(35)33(24)43-45(38,39)40)31-20(34)17(14-11-44-23(26)30-14)32-42-15(22(36)37)10-41-13-5-3-12(4-6-13)19(25)29-9-16-27-7-8-28-16/h3-8,11,15,18H,9-10H2,1-2H3,(H2,25,29)(H2,26,30)(H,27,28)(H,31,34)(H,36,37)(H,38,39,40)/b32-17-/t15-,18+/m0/s1. The minimum absolute atomic E-state index is 0.0455. The third-order valence-electron chi connectivity index (χ3n) is 6.18. The van der Waals surface area contributed by atoms with Crippen molar-refractivity contribution in [1.82, 2.24) is 30.6 Å². The van der Waals surface area contributed by atoms with Crippen molar-refractivity contribution in [1.29, 1.82) is 5.41 Å². The van der Waals surface area contributed by atoms with Crippen molar-refractivity contribution in [3.63, 3.8) is 0 Å². The van der Waals surface area contributed by atoms with E-state index in [1.54, 1.807) is 24.5 Å². The number of aliphatic carboxylic acids is 1. The number of H-pyrrole nitrogens is 1. The third-order valence-corrected chi connectivity index (χ3v) is 7.19. The van der Waals surface area contributed by atoms with E-state index in [2.05, 4.69) is 35.0 Å². The average molecular weight is 666 g/mol. The van der Waals surface area contributed by atoms with Gasteiger partial charge in [0.25, 0.3) is 17.9 Å². The molecular weight excluding hydrogens is 638 g/mol. The monoisotopic (exact) mass is 665 g/mol. The summed E-state index contributed by atoms with van der Waals surface area (Å²) in [7, 11) is -5.02. The first-order chi connectivity index (χ1) is 21.2. The lowest BCUT2D eigenvalue weighted by Gasteiger charge is -2.50. The fourth-order valence-corrected chi connectivity index (χ4v) is 4.84. The molecule has 8 N–H and O–H groups in total. The van der Waals surface area contributed by atoms with E-state index in [-0.39, 0.29) is 22.4 Å². The van der Waals surface area contributed by atoms with Gasteiger partial charge in [-0.05, 0) is 38.1 Å². The molecule has 3 aromatic rings. The van der Waals surface area contributed by atoms with E-state index in [0.29, 0.717) is 23.0 Å². The number of amides is 2. The van der Waals surface area contributed by atoms with E-state index in [4.69, 9.17) is 25.3 Å². The summed E-state index contributed by atoms with van der Waals surface area (Å²) in [6.45, 7) is 2.47. The Kier molecular flexibility index (Phi) is 9.66. The summed E-state index contributed by atoms with van der Waals surface area (Å²) < 4.78 is 40.8. The molecule has 2 amide bonds. The van der Waals surface area contributed by atoms with Gasteiger partial charge in [-0.3, -0.25) is 19.6 Å². The number of carbonyl (C=O) groups excluding carboxylic acids is 2. The van der Waals surface area contributed by atoms with Crippen LogP contribution in [-0.2, 0) is 40.4 Å². The highest BCUT2D eigenvalue weighted by Gasteiger charge is 2.58. The molecular formula is C24H27N9O10S2. The zero-order valence-corrected chi connectivity index (χ0v) is 25.1. The number of nitrogens with one attached hydrogen (secondary N) is 4. The number of imidazole rings is 1. The van der Waals surface area contributed by atoms with Gasteiger partial charge in [0.2, 0.25) is 0 Å². The van der Waals surface area contributed by atoms with Crippen molar-refractivity contribution < 1.29 is 46.3 Å². The minimum atomic E-state index is -5.02. The molecule has 1 aliphatic heterocycles. The summed E-state index contributed by atoms with van der Waals surface area (Å²) in [6, 6.07) is 4.87. The van der Waals surface area contributed by atoms with Crippen LogP contribution in [-0.4, -0.2) is 91.7 Å². The van der Waals surface area contributed by atoms with E-state index < -0.39 is 58.2 Å². The lowest BCUT2D eigenvalue weighted by molar-refractivity contribution is -0.218. The largest absolute Gasteiger partial charge is 0.489 e. The molecule has 0 aliphatic carbocycles. The number of thiazole rings is 1. The lowest BCUT2D eigenvalue weighted by Crippen LogP contribution is -2.76. The SMILES string of the molecule is CC1(C)[C@H](NC(=O)/C(=N\O[C@@H](COc2ccc(C(=N)NCc3ncc[nH]3)cc2)C(=O)O)c2csc(N)n2)C(=O)N1OS(=O)(=O)O. The number of benzene rings is 1. The maximum atomic E-state index is 13.2. The summed E-state index contributed by atoms with van der Waals surface area (Å²) >= 11 is 0.945. The highest BCUT2D eigenvalue weighted by atomic mass is 32.3. The van der Waals surface area contributed by atoms with Crippen LogP contribution < -0.4 is 21.1 Å². The first-order valence-electron chi connectivity index (χ1n) is 12.7. The van der Waals surface area contributed by atoms with E-state index in [0.717, 1.165) is 11.3 Å². The van der Waals surface area contributed by atoms with Crippen LogP contribution in [0.1, 0.15) is 30.9 Å². The fraction of sp³-hybridized carbons (Fsp3) is 0.292. The first-order valence-corrected chi connectivity index (χ1v) is 14.9. The molecule has 0 saturated carbocycles. The van der Waals surface area contributed by atoms with Crippen molar-refractivity contribution in [2.45, 2.75) is 38.1 Å². The van der Waals surface area contributed by atoms with Gasteiger partial charge in [-0.2, -0.15) is 13.5 Å². The molecule has 0 radical (unpaired) electrons. The Balaban J connectivity index is 1.41. The molecule has 1 aliphatic rings. The molecule has 45 heavy (non-hydrogen) atoms. The van der Waals surface area contributed by atoms with E-state index in [1.165, 1.54) is 31.4 Å². The number of nitrogens with zero attached hydrogens (tertiary/aromatic N) is 4. The van der Waals surface area contributed by atoms with Crippen LogP contribution >= 0.6 is 11.3 Å². The van der Waals surface area contributed by atoms with Crippen molar-refractivity contribution in [3.8, 4) is 5.75 Å². The van der Waals surface area contributed by atoms with Crippen LogP contribution in [0.25, 0.3) is 0 Å². The molecule has 1 saturated heterocycles. The number of hydrogen-bond acceptors (Lipinski definition) is 14. The summed E-state index contributed by atoms with van der Waals surface area (Å²) in [5, 5.41) is 28.5. The number of oxime groups is 1. The van der Waals surface area contributed by atoms with Gasteiger partial charge in [0.05, 0.1) is 12.1 Å². The first kappa shape index (κ1) is 32.8. The quantitative estimate of drug-likeness (QED) is 0.0381. The smallest absolute Gasteiger partial charge is 0.418 e. The Hall–Kier alpha value is -5.12. The maximum Gasteiger partial charge on any atom is 0.418 e. The van der Waals surface area contributed by atoms with Gasteiger partial charge in [-0.25, -0.2) is 14.8 Å². The van der Waals surface area contributed by atoms with Gasteiger partial charge in [0.15, 0.2) is 10.8 Å². The molecule has 0 unspecified atom stereocenters. The predicted octanol–water partition coefficient (Wildman–Crippen LogP) is -0.344. The Morgan fingerprint density at radius 1 is 1.31 bits per heavy atom. The highest BCUT2D eigenvalue weighted by Crippen LogP contribution is 2.33. The van der Waals surface area contributed by atoms with Gasteiger partial charge in [0, 0.05) is 23.3 Å². The Morgan fingerprint density at radius 3 is 2.58 bits per heavy atom. The van der Waals surface area contributed by atoms with Crippen LogP contribution in [0.5, 0.6) is 5.75 Å². The number of hydroxylamine groups is 2. The predicted molar refractivity (Wildman–Crippen MR) is 155 cm³/mol. The maximum absolute atomic E-state index is 13.2. The van der Waals surface area contributed by atoms with Crippen LogP contribution in [0.15, 0.2) is 47.2 Å². The van der Waals surface area contributed by atoms with E-state index >= 15 is 0 Å². The molecule has 0 bridgehead atoms. The number of anilines is 1. The third kappa shape index (κ3) is 8.08. The van der Waals surface area contributed by atoms with Crippen molar-refractivity contribution >= 4 is 56.2 Å². The number of nitrogens with two attached hydrogens (primary N) is 1. The van der Waals surface area contributed by atoms with E-state index in [1.807, 2.05) is 0 Å². The summed E-state index contributed by atoms with van der Waals surface area (Å²) in [5.74, 6) is -2.50. The number of carboxylic acids is 1. The Labute approximate surface area is 258 Å². The molecule has 1 aromatic carbocycles. The topological polar surface area (TPSA) is 285 Å². The minimum Gasteiger partial charge on any atom is -0.489 e. The number of ether oxygens (including phenoxy) is 1. The molecule has 2 atom stereocenters. The fourth-order valence-electron chi connectivity index (χ4n) is 3.84. The van der Waals surface area contributed by atoms with Gasteiger partial charge < -0.3 is 36.0 Å². The van der Waals surface area contributed by atoms with Crippen molar-refractivity contribution in [2.24, 2.45) is 5.16 Å². The molecule has 19 nitrogen and oxygen atoms in total.